The van der Waals surface area contributed by atoms with E-state index in [9.17, 15) is 4.79 Å². The molecule has 3 aliphatic rings. The Morgan fingerprint density at radius 1 is 1.36 bits per heavy atom. The lowest BCUT2D eigenvalue weighted by molar-refractivity contribution is -0.150. The van der Waals surface area contributed by atoms with E-state index in [1.807, 2.05) is 4.90 Å². The Hall–Kier alpha value is -1.52. The van der Waals surface area contributed by atoms with Crippen molar-refractivity contribution in [2.45, 2.75) is 95.0 Å². The fraction of sp³-hybridized carbons (Fsp3) is 0.833. The van der Waals surface area contributed by atoms with Crippen molar-refractivity contribution in [1.82, 2.24) is 25.2 Å². The highest BCUT2D eigenvalue weighted by atomic mass is 16.5. The van der Waals surface area contributed by atoms with Crippen molar-refractivity contribution in [1.29, 1.82) is 0 Å². The number of imidazole rings is 1. The highest BCUT2D eigenvalue weighted by Gasteiger charge is 2.41. The molecule has 1 aromatic heterocycles. The van der Waals surface area contributed by atoms with Gasteiger partial charge in [-0.25, -0.2) is 10.5 Å². The van der Waals surface area contributed by atoms with Gasteiger partial charge >= 0.3 is 0 Å². The van der Waals surface area contributed by atoms with Crippen molar-refractivity contribution in [2.75, 3.05) is 33.4 Å². The number of methoxy groups -OCH3 is 1. The zero-order valence-electron chi connectivity index (χ0n) is 20.2. The molecule has 3 N–H and O–H groups in total. The number of amides is 1. The number of hydrogen-bond donors (Lipinski definition) is 3. The minimum Gasteiger partial charge on any atom is -0.383 e. The number of carbonyl (C=O) groups is 1. The van der Waals surface area contributed by atoms with E-state index in [4.69, 9.17) is 19.7 Å². The molecule has 0 radical (unpaired) electrons. The number of aromatic nitrogens is 2. The second-order valence-electron chi connectivity index (χ2n) is 9.85. The van der Waals surface area contributed by atoms with Crippen molar-refractivity contribution < 1.29 is 19.5 Å². The number of aryl methyl sites for hydroxylation is 1. The van der Waals surface area contributed by atoms with Crippen molar-refractivity contribution in [2.24, 2.45) is 0 Å². The molecule has 9 heteroatoms. The molecule has 2 heterocycles. The summed E-state index contributed by atoms with van der Waals surface area (Å²) < 4.78 is 13.4. The molecule has 9 nitrogen and oxygen atoms in total. The number of hydrogen-bond acceptors (Lipinski definition) is 7. The third-order valence-electron chi connectivity index (χ3n) is 7.26. The van der Waals surface area contributed by atoms with Crippen LogP contribution in [-0.2, 0) is 20.8 Å². The van der Waals surface area contributed by atoms with Gasteiger partial charge in [-0.1, -0.05) is 19.3 Å². The van der Waals surface area contributed by atoms with Crippen molar-refractivity contribution in [3.63, 3.8) is 0 Å². The standard InChI is InChI=1S/C24H41N5O4/c1-17(29(20-9-10-20)24(30)22-13-25-19(15-32-2)16-33-22)21-14-28(12-6-11-26-31)23(27-21)18-7-4-3-5-8-18/h14,17-20,22,25-26,31H,3-13,15-16H2,1-2H3/t17-,19+,22-/m1/s1. The van der Waals surface area contributed by atoms with Crippen LogP contribution >= 0.6 is 0 Å². The first-order chi connectivity index (χ1) is 16.1. The second kappa shape index (κ2) is 11.8. The summed E-state index contributed by atoms with van der Waals surface area (Å²) in [5, 5.41) is 12.4. The minimum absolute atomic E-state index is 0.0617. The van der Waals surface area contributed by atoms with Crippen LogP contribution in [0.15, 0.2) is 6.20 Å². The van der Waals surface area contributed by atoms with Gasteiger partial charge in [0.1, 0.15) is 11.9 Å². The molecular weight excluding hydrogens is 422 g/mol. The third-order valence-corrected chi connectivity index (χ3v) is 7.26. The molecule has 0 unspecified atom stereocenters. The molecule has 2 saturated carbocycles. The summed E-state index contributed by atoms with van der Waals surface area (Å²) in [5.41, 5.74) is 3.22. The van der Waals surface area contributed by atoms with E-state index in [-0.39, 0.29) is 24.0 Å². The van der Waals surface area contributed by atoms with Crippen molar-refractivity contribution >= 4 is 5.91 Å². The minimum atomic E-state index is -0.461. The van der Waals surface area contributed by atoms with E-state index in [2.05, 4.69) is 28.5 Å². The first kappa shape index (κ1) is 24.6. The number of ether oxygens (including phenoxy) is 2. The fourth-order valence-electron chi connectivity index (χ4n) is 5.29. The normalized spacial score (nSPS) is 25.2. The number of rotatable bonds is 11. The predicted molar refractivity (Wildman–Crippen MR) is 124 cm³/mol. The zero-order valence-corrected chi connectivity index (χ0v) is 20.2. The van der Waals surface area contributed by atoms with Gasteiger partial charge in [-0.05, 0) is 39.0 Å². The van der Waals surface area contributed by atoms with Gasteiger partial charge in [0.25, 0.3) is 5.91 Å². The van der Waals surface area contributed by atoms with Crippen molar-refractivity contribution in [3.05, 3.63) is 17.7 Å². The Kier molecular flexibility index (Phi) is 8.76. The second-order valence-corrected chi connectivity index (χ2v) is 9.85. The molecular formula is C24H41N5O4. The van der Waals surface area contributed by atoms with Gasteiger partial charge in [0.2, 0.25) is 0 Å². The number of carbonyl (C=O) groups excluding carboxylic acids is 1. The SMILES string of the molecule is COC[C@H]1CO[C@@H](C(=O)N(C2CC2)[C@H](C)c2cn(CCCNO)c(C3CCCCC3)n2)CN1. The summed E-state index contributed by atoms with van der Waals surface area (Å²) in [6, 6.07) is 0.313. The van der Waals surface area contributed by atoms with Gasteiger partial charge in [-0.3, -0.25) is 4.79 Å². The molecule has 1 aliphatic heterocycles. The quantitative estimate of drug-likeness (QED) is 0.342. The summed E-state index contributed by atoms with van der Waals surface area (Å²) in [5.74, 6) is 1.69. The monoisotopic (exact) mass is 463 g/mol. The van der Waals surface area contributed by atoms with Crippen LogP contribution in [0.25, 0.3) is 0 Å². The Balaban J connectivity index is 1.49. The highest BCUT2D eigenvalue weighted by molar-refractivity contribution is 5.82. The van der Waals surface area contributed by atoms with Crippen LogP contribution in [0.3, 0.4) is 0 Å². The van der Waals surface area contributed by atoms with Crippen LogP contribution in [0.4, 0.5) is 0 Å². The maximum Gasteiger partial charge on any atom is 0.253 e. The molecule has 1 saturated heterocycles. The summed E-state index contributed by atoms with van der Waals surface area (Å²) in [6.45, 7) is 5.04. The highest BCUT2D eigenvalue weighted by Crippen LogP contribution is 2.37. The summed E-state index contributed by atoms with van der Waals surface area (Å²) in [4.78, 5) is 20.7. The molecule has 2 aliphatic carbocycles. The molecule has 33 heavy (non-hydrogen) atoms. The average Bonchev–Trinajstić information content (AvgIpc) is 3.58. The van der Waals surface area contributed by atoms with E-state index in [1.54, 1.807) is 7.11 Å². The number of morpholine rings is 1. The maximum atomic E-state index is 13.5. The molecule has 3 fully saturated rings. The molecule has 0 aromatic carbocycles. The van der Waals surface area contributed by atoms with Gasteiger partial charge in [0.05, 0.1) is 31.0 Å². The lowest BCUT2D eigenvalue weighted by Gasteiger charge is -2.35. The van der Waals surface area contributed by atoms with E-state index in [1.165, 1.54) is 32.1 Å². The summed E-state index contributed by atoms with van der Waals surface area (Å²) >= 11 is 0. The Morgan fingerprint density at radius 2 is 2.15 bits per heavy atom. The molecule has 3 atom stereocenters. The zero-order chi connectivity index (χ0) is 23.2. The molecule has 0 bridgehead atoms. The Morgan fingerprint density at radius 3 is 2.79 bits per heavy atom. The lowest BCUT2D eigenvalue weighted by atomic mass is 9.88. The topological polar surface area (TPSA) is 101 Å². The van der Waals surface area contributed by atoms with E-state index >= 15 is 0 Å². The Labute approximate surface area is 197 Å². The van der Waals surface area contributed by atoms with E-state index < -0.39 is 6.10 Å². The van der Waals surface area contributed by atoms with E-state index in [0.29, 0.717) is 32.2 Å². The van der Waals surface area contributed by atoms with Crippen LogP contribution < -0.4 is 10.8 Å². The van der Waals surface area contributed by atoms with Crippen LogP contribution in [-0.4, -0.2) is 77.2 Å². The van der Waals surface area contributed by atoms with Gasteiger partial charge in [-0.15, -0.1) is 0 Å². The first-order valence-corrected chi connectivity index (χ1v) is 12.7. The molecule has 1 amide bonds. The van der Waals surface area contributed by atoms with Crippen molar-refractivity contribution in [3.8, 4) is 0 Å². The fourth-order valence-corrected chi connectivity index (χ4v) is 5.29. The third kappa shape index (κ3) is 6.14. The average molecular weight is 464 g/mol. The van der Waals surface area contributed by atoms with Crippen LogP contribution in [0.1, 0.15) is 81.8 Å². The van der Waals surface area contributed by atoms with Gasteiger partial charge < -0.3 is 29.5 Å². The largest absolute Gasteiger partial charge is 0.383 e. The molecule has 186 valence electrons. The lowest BCUT2D eigenvalue weighted by Crippen LogP contribution is -2.55. The van der Waals surface area contributed by atoms with Crippen LogP contribution in [0.5, 0.6) is 0 Å². The smallest absolute Gasteiger partial charge is 0.253 e. The van der Waals surface area contributed by atoms with Gasteiger partial charge in [-0.2, -0.15) is 0 Å². The first-order valence-electron chi connectivity index (χ1n) is 12.7. The van der Waals surface area contributed by atoms with E-state index in [0.717, 1.165) is 37.3 Å². The predicted octanol–water partition coefficient (Wildman–Crippen LogP) is 2.36. The summed E-state index contributed by atoms with van der Waals surface area (Å²) in [6.07, 6.45) is 10.8. The van der Waals surface area contributed by atoms with Gasteiger partial charge in [0.15, 0.2) is 0 Å². The molecule has 1 aromatic rings. The van der Waals surface area contributed by atoms with Crippen LogP contribution in [0.2, 0.25) is 0 Å². The van der Waals surface area contributed by atoms with Crippen LogP contribution in [0, 0.1) is 0 Å². The number of hydroxylamine groups is 1. The van der Waals surface area contributed by atoms with Gasteiger partial charge in [0, 0.05) is 44.9 Å². The number of nitrogens with one attached hydrogen (secondary N) is 2. The molecule has 0 spiro atoms. The Bertz CT molecular complexity index is 754. The maximum absolute atomic E-state index is 13.5. The number of nitrogens with zero attached hydrogens (tertiary/aromatic N) is 3. The summed E-state index contributed by atoms with van der Waals surface area (Å²) in [7, 11) is 1.68. The molecule has 4 rings (SSSR count).